The van der Waals surface area contributed by atoms with Gasteiger partial charge >= 0.3 is 0 Å². The summed E-state index contributed by atoms with van der Waals surface area (Å²) in [5.41, 5.74) is 0.187. The van der Waals surface area contributed by atoms with Gasteiger partial charge in [0.05, 0.1) is 6.61 Å². The second-order valence-electron chi connectivity index (χ2n) is 6.76. The Balaban J connectivity index is 1.43. The number of fused-ring (bicyclic) bond motifs is 1. The van der Waals surface area contributed by atoms with Gasteiger partial charge < -0.3 is 10.1 Å². The molecule has 1 unspecified atom stereocenters. The third-order valence-corrected chi connectivity index (χ3v) is 4.79. The molecule has 1 saturated heterocycles. The molecule has 23 heavy (non-hydrogen) atoms. The van der Waals surface area contributed by atoms with Gasteiger partial charge in [-0.1, -0.05) is 30.3 Å². The summed E-state index contributed by atoms with van der Waals surface area (Å²) in [4.78, 5) is 12.3. The highest BCUT2D eigenvalue weighted by molar-refractivity contribution is 5.97. The van der Waals surface area contributed by atoms with Crippen molar-refractivity contribution in [3.63, 3.8) is 0 Å². The SMILES string of the molecule is O=C(Nc1ccc2ccccc2c1)C1CC2(CO1)CC(F)(F)C2. The van der Waals surface area contributed by atoms with Gasteiger partial charge in [-0.25, -0.2) is 8.78 Å². The fourth-order valence-corrected chi connectivity index (χ4v) is 3.74. The van der Waals surface area contributed by atoms with Crippen LogP contribution >= 0.6 is 0 Å². The lowest BCUT2D eigenvalue weighted by molar-refractivity contribution is -0.160. The number of nitrogens with one attached hydrogen (secondary N) is 1. The number of anilines is 1. The molecule has 1 heterocycles. The van der Waals surface area contributed by atoms with Crippen LogP contribution in [0.15, 0.2) is 42.5 Å². The molecule has 4 rings (SSSR count). The van der Waals surface area contributed by atoms with Gasteiger partial charge in [-0.05, 0) is 29.3 Å². The first-order valence-corrected chi connectivity index (χ1v) is 7.74. The highest BCUT2D eigenvalue weighted by Crippen LogP contribution is 2.57. The zero-order valence-electron chi connectivity index (χ0n) is 12.5. The van der Waals surface area contributed by atoms with Crippen molar-refractivity contribution in [2.24, 2.45) is 5.41 Å². The predicted molar refractivity (Wildman–Crippen MR) is 83.5 cm³/mol. The van der Waals surface area contributed by atoms with Crippen LogP contribution in [0, 0.1) is 5.41 Å². The molecule has 0 bridgehead atoms. The van der Waals surface area contributed by atoms with Crippen molar-refractivity contribution in [1.29, 1.82) is 0 Å². The normalized spacial score (nSPS) is 24.5. The second-order valence-corrected chi connectivity index (χ2v) is 6.76. The summed E-state index contributed by atoms with van der Waals surface area (Å²) >= 11 is 0. The number of carbonyl (C=O) groups excluding carboxylic acids is 1. The van der Waals surface area contributed by atoms with Crippen molar-refractivity contribution in [3.05, 3.63) is 42.5 Å². The van der Waals surface area contributed by atoms with Crippen LogP contribution < -0.4 is 5.32 Å². The van der Waals surface area contributed by atoms with Crippen LogP contribution in [0.1, 0.15) is 19.3 Å². The fraction of sp³-hybridized carbons (Fsp3) is 0.389. The summed E-state index contributed by atoms with van der Waals surface area (Å²) in [5.74, 6) is -2.85. The van der Waals surface area contributed by atoms with Crippen molar-refractivity contribution in [3.8, 4) is 0 Å². The van der Waals surface area contributed by atoms with E-state index < -0.39 is 17.4 Å². The number of rotatable bonds is 2. The molecule has 1 saturated carbocycles. The van der Waals surface area contributed by atoms with E-state index in [1.807, 2.05) is 42.5 Å². The number of hydrogen-bond donors (Lipinski definition) is 1. The first-order chi connectivity index (χ1) is 10.9. The molecular formula is C18H17F2NO2. The van der Waals surface area contributed by atoms with E-state index in [0.717, 1.165) is 10.8 Å². The molecule has 2 aliphatic rings. The Kier molecular flexibility index (Phi) is 3.17. The van der Waals surface area contributed by atoms with E-state index >= 15 is 0 Å². The van der Waals surface area contributed by atoms with Gasteiger partial charge in [0.15, 0.2) is 0 Å². The highest BCUT2D eigenvalue weighted by atomic mass is 19.3. The van der Waals surface area contributed by atoms with Crippen molar-refractivity contribution in [2.75, 3.05) is 11.9 Å². The Morgan fingerprint density at radius 2 is 1.87 bits per heavy atom. The van der Waals surface area contributed by atoms with E-state index in [9.17, 15) is 13.6 Å². The Hall–Kier alpha value is -2.01. The van der Waals surface area contributed by atoms with Crippen molar-refractivity contribution < 1.29 is 18.3 Å². The number of ether oxygens (including phenoxy) is 1. The third-order valence-electron chi connectivity index (χ3n) is 4.79. The molecule has 0 aromatic heterocycles. The van der Waals surface area contributed by atoms with Crippen molar-refractivity contribution in [1.82, 2.24) is 0 Å². The van der Waals surface area contributed by atoms with E-state index in [4.69, 9.17) is 4.74 Å². The van der Waals surface area contributed by atoms with Crippen LogP contribution in [-0.2, 0) is 9.53 Å². The van der Waals surface area contributed by atoms with Gasteiger partial charge in [-0.2, -0.15) is 0 Å². The molecule has 1 N–H and O–H groups in total. The van der Waals surface area contributed by atoms with Crippen molar-refractivity contribution in [2.45, 2.75) is 31.3 Å². The molecule has 1 spiro atoms. The quantitative estimate of drug-likeness (QED) is 0.910. The molecule has 2 aromatic rings. The van der Waals surface area contributed by atoms with Crippen LogP contribution in [0.2, 0.25) is 0 Å². The third kappa shape index (κ3) is 2.70. The van der Waals surface area contributed by atoms with Crippen LogP contribution in [0.25, 0.3) is 10.8 Å². The second kappa shape index (κ2) is 4.99. The lowest BCUT2D eigenvalue weighted by Gasteiger charge is -2.43. The maximum atomic E-state index is 13.1. The van der Waals surface area contributed by atoms with Crippen LogP contribution in [0.5, 0.6) is 0 Å². The number of alkyl halides is 2. The average Bonchev–Trinajstić information content (AvgIpc) is 2.90. The minimum Gasteiger partial charge on any atom is -0.368 e. The molecule has 0 radical (unpaired) electrons. The largest absolute Gasteiger partial charge is 0.368 e. The van der Waals surface area contributed by atoms with Crippen molar-refractivity contribution >= 4 is 22.4 Å². The van der Waals surface area contributed by atoms with Gasteiger partial charge in [0, 0.05) is 23.9 Å². The fourth-order valence-electron chi connectivity index (χ4n) is 3.74. The number of carbonyl (C=O) groups is 1. The van der Waals surface area contributed by atoms with Gasteiger partial charge in [0.25, 0.3) is 5.91 Å². The molecule has 5 heteroatoms. The Labute approximate surface area is 132 Å². The smallest absolute Gasteiger partial charge is 0.253 e. The van der Waals surface area contributed by atoms with E-state index in [1.54, 1.807) is 0 Å². The number of amides is 1. The van der Waals surface area contributed by atoms with E-state index in [2.05, 4.69) is 5.32 Å². The Morgan fingerprint density at radius 3 is 2.61 bits per heavy atom. The maximum Gasteiger partial charge on any atom is 0.253 e. The summed E-state index contributed by atoms with van der Waals surface area (Å²) in [6.07, 6.45) is -0.598. The number of halogens is 2. The number of benzene rings is 2. The molecule has 120 valence electrons. The topological polar surface area (TPSA) is 38.3 Å². The van der Waals surface area contributed by atoms with Gasteiger partial charge in [0.2, 0.25) is 5.92 Å². The standard InChI is InChI=1S/C18H17F2NO2/c19-18(20)9-17(10-18)8-15(23-11-17)16(22)21-14-6-5-12-3-1-2-4-13(12)7-14/h1-7,15H,8-11H2,(H,21,22). The molecule has 1 amide bonds. The van der Waals surface area contributed by atoms with Crippen LogP contribution in [-0.4, -0.2) is 24.5 Å². The van der Waals surface area contributed by atoms with Gasteiger partial charge in [-0.3, -0.25) is 4.79 Å². The lowest BCUT2D eigenvalue weighted by Crippen LogP contribution is -2.46. The minimum absolute atomic E-state index is 0.167. The van der Waals surface area contributed by atoms with Crippen LogP contribution in [0.4, 0.5) is 14.5 Å². The van der Waals surface area contributed by atoms with E-state index in [0.29, 0.717) is 12.1 Å². The molecule has 3 nitrogen and oxygen atoms in total. The van der Waals surface area contributed by atoms with Crippen LogP contribution in [0.3, 0.4) is 0 Å². The number of hydrogen-bond acceptors (Lipinski definition) is 2. The molecular weight excluding hydrogens is 300 g/mol. The minimum atomic E-state index is -2.59. The zero-order valence-corrected chi connectivity index (χ0v) is 12.5. The summed E-state index contributed by atoms with van der Waals surface area (Å²) in [5, 5.41) is 4.96. The molecule has 1 atom stereocenters. The maximum absolute atomic E-state index is 13.1. The summed E-state index contributed by atoms with van der Waals surface area (Å²) in [6, 6.07) is 13.5. The molecule has 2 aromatic carbocycles. The lowest BCUT2D eigenvalue weighted by atomic mass is 9.65. The monoisotopic (exact) mass is 317 g/mol. The van der Waals surface area contributed by atoms with Gasteiger partial charge in [-0.15, -0.1) is 0 Å². The van der Waals surface area contributed by atoms with E-state index in [1.165, 1.54) is 0 Å². The van der Waals surface area contributed by atoms with E-state index in [-0.39, 0.29) is 25.4 Å². The average molecular weight is 317 g/mol. The summed E-state index contributed by atoms with van der Waals surface area (Å²) in [7, 11) is 0. The summed E-state index contributed by atoms with van der Waals surface area (Å²) < 4.78 is 31.7. The first kappa shape index (κ1) is 14.6. The van der Waals surface area contributed by atoms with Gasteiger partial charge in [0.1, 0.15) is 6.10 Å². The molecule has 1 aliphatic carbocycles. The highest BCUT2D eigenvalue weighted by Gasteiger charge is 2.60. The molecule has 1 aliphatic heterocycles. The molecule has 2 fully saturated rings. The Morgan fingerprint density at radius 1 is 1.13 bits per heavy atom. The first-order valence-electron chi connectivity index (χ1n) is 7.74. The zero-order chi connectivity index (χ0) is 16.1. The predicted octanol–water partition coefficient (Wildman–Crippen LogP) is 3.98. The Bertz CT molecular complexity index is 766. The summed E-state index contributed by atoms with van der Waals surface area (Å²) in [6.45, 7) is 0.248.